The summed E-state index contributed by atoms with van der Waals surface area (Å²) in [6.45, 7) is 1.48. The van der Waals surface area contributed by atoms with E-state index in [0.717, 1.165) is 36.0 Å². The number of nitrogens with zero attached hydrogens (tertiary/aromatic N) is 5. The summed E-state index contributed by atoms with van der Waals surface area (Å²) in [5.41, 5.74) is 3.32. The zero-order chi connectivity index (χ0) is 24.8. The minimum atomic E-state index is -0.182. The number of ether oxygens (including phenoxy) is 2. The number of carbonyl (C=O) groups is 1. The Labute approximate surface area is 205 Å². The summed E-state index contributed by atoms with van der Waals surface area (Å²) in [7, 11) is 7.15. The summed E-state index contributed by atoms with van der Waals surface area (Å²) in [6.07, 6.45) is 9.51. The van der Waals surface area contributed by atoms with Gasteiger partial charge in [0.15, 0.2) is 0 Å². The van der Waals surface area contributed by atoms with Crippen LogP contribution >= 0.6 is 0 Å². The Hall–Kier alpha value is -3.98. The molecule has 1 amide bonds. The van der Waals surface area contributed by atoms with Crippen LogP contribution in [-0.2, 0) is 4.74 Å². The zero-order valence-corrected chi connectivity index (χ0v) is 20.5. The maximum Gasteiger partial charge on any atom is 0.272 e. The van der Waals surface area contributed by atoms with E-state index >= 15 is 0 Å². The zero-order valence-electron chi connectivity index (χ0n) is 20.5. The Bertz CT molecular complexity index is 1270. The van der Waals surface area contributed by atoms with E-state index < -0.39 is 0 Å². The summed E-state index contributed by atoms with van der Waals surface area (Å²) >= 11 is 0. The summed E-state index contributed by atoms with van der Waals surface area (Å²) in [6, 6.07) is 8.95. The molecule has 9 nitrogen and oxygen atoms in total. The predicted molar refractivity (Wildman–Crippen MR) is 135 cm³/mol. The molecule has 0 radical (unpaired) electrons. The number of benzene rings is 1. The number of hydrogen-bond acceptors (Lipinski definition) is 8. The first-order valence-electron chi connectivity index (χ1n) is 11.4. The first-order valence-corrected chi connectivity index (χ1v) is 11.4. The first kappa shape index (κ1) is 24.2. The number of rotatable bonds is 9. The van der Waals surface area contributed by atoms with Crippen molar-refractivity contribution >= 4 is 22.8 Å². The fourth-order valence-corrected chi connectivity index (χ4v) is 3.74. The molecule has 0 aliphatic heterocycles. The van der Waals surface area contributed by atoms with Gasteiger partial charge in [0, 0.05) is 64.3 Å². The molecule has 9 heteroatoms. The molecule has 0 saturated carbocycles. The van der Waals surface area contributed by atoms with Crippen LogP contribution in [0.25, 0.3) is 10.9 Å². The molecule has 1 N–H and O–H groups in total. The van der Waals surface area contributed by atoms with Crippen LogP contribution in [0, 0.1) is 0 Å². The van der Waals surface area contributed by atoms with Crippen LogP contribution in [0.4, 0.5) is 5.95 Å². The van der Waals surface area contributed by atoms with Crippen LogP contribution in [0.2, 0.25) is 0 Å². The standard InChI is InChI=1S/C26H30N6O3/c1-31(2)25(33)23-16-20(11-12-27-23)35-19-9-10-21-18(15-19)17-28-26(29-21)30-22-7-5-6-8-24(22)32(3)13-14-34-4/h5,7,9-12,15-17H,6,8,13-14H2,1-4H3,(H,28,29,30). The van der Waals surface area contributed by atoms with Crippen molar-refractivity contribution < 1.29 is 14.3 Å². The van der Waals surface area contributed by atoms with Crippen molar-refractivity contribution in [2.24, 2.45) is 0 Å². The van der Waals surface area contributed by atoms with Gasteiger partial charge in [0.1, 0.15) is 17.2 Å². The molecule has 4 rings (SSSR count). The lowest BCUT2D eigenvalue weighted by molar-refractivity contribution is 0.0821. The van der Waals surface area contributed by atoms with Gasteiger partial charge in [0.2, 0.25) is 5.95 Å². The molecule has 0 spiro atoms. The van der Waals surface area contributed by atoms with Gasteiger partial charge in [-0.15, -0.1) is 0 Å². The topological polar surface area (TPSA) is 92.7 Å². The van der Waals surface area contributed by atoms with Gasteiger partial charge in [0.05, 0.1) is 17.8 Å². The van der Waals surface area contributed by atoms with Gasteiger partial charge in [-0.1, -0.05) is 6.08 Å². The molecule has 0 unspecified atom stereocenters. The molecule has 2 aromatic heterocycles. The molecule has 0 fully saturated rings. The van der Waals surface area contributed by atoms with Gasteiger partial charge >= 0.3 is 0 Å². The van der Waals surface area contributed by atoms with Crippen LogP contribution < -0.4 is 10.1 Å². The van der Waals surface area contributed by atoms with E-state index in [0.29, 0.717) is 29.7 Å². The molecule has 1 aromatic carbocycles. The summed E-state index contributed by atoms with van der Waals surface area (Å²) in [4.78, 5) is 29.2. The number of hydrogen-bond donors (Lipinski definition) is 1. The second kappa shape index (κ2) is 11.0. The molecule has 1 aliphatic carbocycles. The third-order valence-corrected chi connectivity index (χ3v) is 5.62. The number of carbonyl (C=O) groups excluding carboxylic acids is 1. The van der Waals surface area contributed by atoms with Gasteiger partial charge in [0.25, 0.3) is 5.91 Å². The van der Waals surface area contributed by atoms with Crippen molar-refractivity contribution in [3.63, 3.8) is 0 Å². The molecule has 182 valence electrons. The lowest BCUT2D eigenvalue weighted by Crippen LogP contribution is -2.26. The second-order valence-corrected chi connectivity index (χ2v) is 8.43. The number of methoxy groups -OCH3 is 1. The van der Waals surface area contributed by atoms with E-state index in [2.05, 4.69) is 44.4 Å². The highest BCUT2D eigenvalue weighted by Crippen LogP contribution is 2.27. The number of pyridine rings is 1. The lowest BCUT2D eigenvalue weighted by Gasteiger charge is -2.27. The number of allylic oxidation sites excluding steroid dienone is 3. The molecule has 0 bridgehead atoms. The monoisotopic (exact) mass is 474 g/mol. The average molecular weight is 475 g/mol. The van der Waals surface area contributed by atoms with E-state index in [4.69, 9.17) is 9.47 Å². The van der Waals surface area contributed by atoms with Crippen molar-refractivity contribution in [1.82, 2.24) is 24.8 Å². The van der Waals surface area contributed by atoms with E-state index in [9.17, 15) is 4.79 Å². The number of fused-ring (bicyclic) bond motifs is 1. The lowest BCUT2D eigenvalue weighted by atomic mass is 10.1. The summed E-state index contributed by atoms with van der Waals surface area (Å²) < 4.78 is 11.2. The number of nitrogens with one attached hydrogen (secondary N) is 1. The van der Waals surface area contributed by atoms with E-state index in [1.807, 2.05) is 18.2 Å². The van der Waals surface area contributed by atoms with Crippen molar-refractivity contribution in [2.45, 2.75) is 12.8 Å². The molecular weight excluding hydrogens is 444 g/mol. The van der Waals surface area contributed by atoms with Crippen LogP contribution in [-0.4, -0.2) is 72.1 Å². The second-order valence-electron chi connectivity index (χ2n) is 8.43. The summed E-state index contributed by atoms with van der Waals surface area (Å²) in [5, 5.41) is 4.22. The minimum absolute atomic E-state index is 0.182. The maximum absolute atomic E-state index is 12.2. The number of aromatic nitrogens is 3. The smallest absolute Gasteiger partial charge is 0.272 e. The fourth-order valence-electron chi connectivity index (χ4n) is 3.74. The average Bonchev–Trinajstić information content (AvgIpc) is 2.87. The first-order chi connectivity index (χ1) is 16.9. The Balaban J connectivity index is 1.51. The molecule has 35 heavy (non-hydrogen) atoms. The Morgan fingerprint density at radius 2 is 1.94 bits per heavy atom. The third kappa shape index (κ3) is 5.93. The molecule has 0 atom stereocenters. The molecular formula is C26H30N6O3. The number of likely N-dealkylation sites (N-methyl/N-ethyl adjacent to an activating group) is 1. The number of anilines is 1. The normalized spacial score (nSPS) is 13.1. The molecule has 3 aromatic rings. The largest absolute Gasteiger partial charge is 0.457 e. The van der Waals surface area contributed by atoms with Crippen molar-refractivity contribution in [3.8, 4) is 11.5 Å². The molecule has 1 aliphatic rings. The third-order valence-electron chi connectivity index (χ3n) is 5.62. The molecule has 2 heterocycles. The van der Waals surface area contributed by atoms with Gasteiger partial charge < -0.3 is 24.6 Å². The van der Waals surface area contributed by atoms with Crippen LogP contribution in [0.5, 0.6) is 11.5 Å². The van der Waals surface area contributed by atoms with E-state index in [1.165, 1.54) is 10.6 Å². The van der Waals surface area contributed by atoms with Gasteiger partial charge in [-0.2, -0.15) is 0 Å². The maximum atomic E-state index is 12.2. The highest BCUT2D eigenvalue weighted by molar-refractivity contribution is 5.92. The van der Waals surface area contributed by atoms with Gasteiger partial charge in [-0.05, 0) is 43.2 Å². The van der Waals surface area contributed by atoms with Crippen molar-refractivity contribution in [3.05, 3.63) is 72.0 Å². The molecule has 0 saturated heterocycles. The Kier molecular flexibility index (Phi) is 7.57. The number of amides is 1. The van der Waals surface area contributed by atoms with Crippen LogP contribution in [0.3, 0.4) is 0 Å². The quantitative estimate of drug-likeness (QED) is 0.496. The minimum Gasteiger partial charge on any atom is -0.457 e. The SMILES string of the molecule is COCCN(C)C1=C(Nc2ncc3cc(Oc4ccnc(C(=O)N(C)C)c4)ccc3n2)C=CCC1. The van der Waals surface area contributed by atoms with E-state index in [1.54, 1.807) is 45.7 Å². The Morgan fingerprint density at radius 1 is 1.11 bits per heavy atom. The van der Waals surface area contributed by atoms with Crippen molar-refractivity contribution in [2.75, 3.05) is 46.7 Å². The highest BCUT2D eigenvalue weighted by Gasteiger charge is 2.15. The van der Waals surface area contributed by atoms with E-state index in [-0.39, 0.29) is 5.91 Å². The van der Waals surface area contributed by atoms with Gasteiger partial charge in [-0.25, -0.2) is 9.97 Å². The highest BCUT2D eigenvalue weighted by atomic mass is 16.5. The van der Waals surface area contributed by atoms with Crippen LogP contribution in [0.1, 0.15) is 23.3 Å². The Morgan fingerprint density at radius 3 is 2.74 bits per heavy atom. The van der Waals surface area contributed by atoms with Crippen LogP contribution in [0.15, 0.2) is 66.3 Å². The van der Waals surface area contributed by atoms with Gasteiger partial charge in [-0.3, -0.25) is 9.78 Å². The summed E-state index contributed by atoms with van der Waals surface area (Å²) in [5.74, 6) is 1.51. The fraction of sp³-hybridized carbons (Fsp3) is 0.308. The predicted octanol–water partition coefficient (Wildman–Crippen LogP) is 4.07. The van der Waals surface area contributed by atoms with Crippen molar-refractivity contribution in [1.29, 1.82) is 0 Å².